The first kappa shape index (κ1) is 12.6. The van der Waals surface area contributed by atoms with Gasteiger partial charge >= 0.3 is 5.97 Å². The fourth-order valence-electron chi connectivity index (χ4n) is 1.32. The molecule has 0 atom stereocenters. The van der Waals surface area contributed by atoms with Gasteiger partial charge in [0.25, 0.3) is 0 Å². The van der Waals surface area contributed by atoms with Gasteiger partial charge in [0, 0.05) is 6.42 Å². The minimum atomic E-state index is -0.135. The largest absolute Gasteiger partial charge is 0.497 e. The second-order valence-electron chi connectivity index (χ2n) is 3.62. The van der Waals surface area contributed by atoms with Crippen molar-refractivity contribution in [1.29, 1.82) is 0 Å². The van der Waals surface area contributed by atoms with Crippen molar-refractivity contribution in [2.24, 2.45) is 0 Å². The maximum atomic E-state index is 11.3. The van der Waals surface area contributed by atoms with E-state index in [1.807, 2.05) is 24.3 Å². The average molecular weight is 222 g/mol. The molecule has 0 bridgehead atoms. The summed E-state index contributed by atoms with van der Waals surface area (Å²) in [5.41, 5.74) is 0.948. The van der Waals surface area contributed by atoms with Crippen LogP contribution in [0, 0.1) is 0 Å². The first-order valence-corrected chi connectivity index (χ1v) is 5.54. The van der Waals surface area contributed by atoms with Crippen LogP contribution in [0.3, 0.4) is 0 Å². The maximum absolute atomic E-state index is 11.3. The summed E-state index contributed by atoms with van der Waals surface area (Å²) in [4.78, 5) is 11.3. The van der Waals surface area contributed by atoms with E-state index in [1.165, 1.54) is 0 Å². The minimum Gasteiger partial charge on any atom is -0.497 e. The van der Waals surface area contributed by atoms with Crippen molar-refractivity contribution in [3.05, 3.63) is 29.8 Å². The lowest BCUT2D eigenvalue weighted by Gasteiger charge is -2.06. The van der Waals surface area contributed by atoms with E-state index in [0.717, 1.165) is 24.2 Å². The third kappa shape index (κ3) is 4.34. The van der Waals surface area contributed by atoms with Crippen molar-refractivity contribution >= 4 is 5.97 Å². The number of ether oxygens (including phenoxy) is 2. The van der Waals surface area contributed by atoms with Crippen molar-refractivity contribution in [3.8, 4) is 5.75 Å². The number of carbonyl (C=O) groups excluding carboxylic acids is 1. The zero-order chi connectivity index (χ0) is 11.8. The topological polar surface area (TPSA) is 35.5 Å². The van der Waals surface area contributed by atoms with Gasteiger partial charge in [-0.2, -0.15) is 0 Å². The van der Waals surface area contributed by atoms with Gasteiger partial charge in [-0.1, -0.05) is 25.5 Å². The molecule has 0 N–H and O–H groups in total. The Labute approximate surface area is 96.4 Å². The summed E-state index contributed by atoms with van der Waals surface area (Å²) >= 11 is 0. The number of esters is 1. The van der Waals surface area contributed by atoms with Gasteiger partial charge in [0.15, 0.2) is 0 Å². The van der Waals surface area contributed by atoms with Crippen LogP contribution in [0.1, 0.15) is 31.7 Å². The highest BCUT2D eigenvalue weighted by molar-refractivity contribution is 5.69. The van der Waals surface area contributed by atoms with Crippen LogP contribution in [-0.4, -0.2) is 13.1 Å². The monoisotopic (exact) mass is 222 g/mol. The Kier molecular flexibility index (Phi) is 5.40. The van der Waals surface area contributed by atoms with Crippen molar-refractivity contribution < 1.29 is 14.3 Å². The molecule has 88 valence electrons. The first-order chi connectivity index (χ1) is 7.76. The highest BCUT2D eigenvalue weighted by atomic mass is 16.5. The van der Waals surface area contributed by atoms with Gasteiger partial charge in [-0.15, -0.1) is 0 Å². The summed E-state index contributed by atoms with van der Waals surface area (Å²) in [5.74, 6) is 0.645. The molecule has 16 heavy (non-hydrogen) atoms. The van der Waals surface area contributed by atoms with Crippen LogP contribution in [0.4, 0.5) is 0 Å². The van der Waals surface area contributed by atoms with Crippen molar-refractivity contribution in [2.75, 3.05) is 7.11 Å². The lowest BCUT2D eigenvalue weighted by molar-refractivity contribution is -0.145. The third-order valence-corrected chi connectivity index (χ3v) is 2.27. The molecular formula is C13H18O3. The van der Waals surface area contributed by atoms with Crippen molar-refractivity contribution in [3.63, 3.8) is 0 Å². The van der Waals surface area contributed by atoms with E-state index < -0.39 is 0 Å². The third-order valence-electron chi connectivity index (χ3n) is 2.27. The summed E-state index contributed by atoms with van der Waals surface area (Å²) in [6.07, 6.45) is 2.39. The maximum Gasteiger partial charge on any atom is 0.306 e. The molecule has 0 aromatic heterocycles. The lowest BCUT2D eigenvalue weighted by atomic mass is 10.2. The summed E-state index contributed by atoms with van der Waals surface area (Å²) in [6, 6.07) is 7.53. The van der Waals surface area contributed by atoms with Gasteiger partial charge in [0.2, 0.25) is 0 Å². The van der Waals surface area contributed by atoms with E-state index in [0.29, 0.717) is 13.0 Å². The highest BCUT2D eigenvalue weighted by Crippen LogP contribution is 2.13. The molecule has 0 aliphatic carbocycles. The number of carbonyl (C=O) groups is 1. The van der Waals surface area contributed by atoms with E-state index in [-0.39, 0.29) is 5.97 Å². The molecule has 3 heteroatoms. The lowest BCUT2D eigenvalue weighted by Crippen LogP contribution is -2.04. The molecule has 1 aromatic rings. The Hall–Kier alpha value is -1.51. The van der Waals surface area contributed by atoms with E-state index in [4.69, 9.17) is 9.47 Å². The quantitative estimate of drug-likeness (QED) is 0.694. The van der Waals surface area contributed by atoms with Gasteiger partial charge in [-0.05, 0) is 24.1 Å². The van der Waals surface area contributed by atoms with Crippen molar-refractivity contribution in [2.45, 2.75) is 32.8 Å². The molecule has 0 radical (unpaired) electrons. The molecule has 0 amide bonds. The fourth-order valence-corrected chi connectivity index (χ4v) is 1.32. The molecule has 0 saturated carbocycles. The van der Waals surface area contributed by atoms with Gasteiger partial charge in [0.05, 0.1) is 7.11 Å². The Morgan fingerprint density at radius 3 is 2.88 bits per heavy atom. The number of benzene rings is 1. The van der Waals surface area contributed by atoms with Gasteiger partial charge in [-0.3, -0.25) is 4.79 Å². The van der Waals surface area contributed by atoms with E-state index in [9.17, 15) is 4.79 Å². The van der Waals surface area contributed by atoms with Crippen LogP contribution in [0.5, 0.6) is 5.75 Å². The Balaban J connectivity index is 2.38. The number of methoxy groups -OCH3 is 1. The zero-order valence-corrected chi connectivity index (χ0v) is 9.86. The van der Waals surface area contributed by atoms with Crippen LogP contribution in [-0.2, 0) is 16.1 Å². The summed E-state index contributed by atoms with van der Waals surface area (Å²) in [6.45, 7) is 2.37. The molecule has 0 aliphatic rings. The number of unbranched alkanes of at least 4 members (excludes halogenated alkanes) is 1. The van der Waals surface area contributed by atoms with E-state index in [1.54, 1.807) is 7.11 Å². The molecular weight excluding hydrogens is 204 g/mol. The summed E-state index contributed by atoms with van der Waals surface area (Å²) < 4.78 is 10.2. The highest BCUT2D eigenvalue weighted by Gasteiger charge is 2.02. The standard InChI is InChI=1S/C13H18O3/c1-3-4-8-13(14)16-10-11-6-5-7-12(9-11)15-2/h5-7,9H,3-4,8,10H2,1-2H3. The SMILES string of the molecule is CCCCC(=O)OCc1cccc(OC)c1. The molecule has 0 saturated heterocycles. The Morgan fingerprint density at radius 2 is 2.19 bits per heavy atom. The second-order valence-corrected chi connectivity index (χ2v) is 3.62. The summed E-state index contributed by atoms with van der Waals surface area (Å²) in [5, 5.41) is 0. The molecule has 0 unspecified atom stereocenters. The molecule has 1 aromatic carbocycles. The Bertz CT molecular complexity index is 334. The minimum absolute atomic E-state index is 0.135. The van der Waals surface area contributed by atoms with E-state index in [2.05, 4.69) is 6.92 Å². The average Bonchev–Trinajstić information content (AvgIpc) is 2.34. The fraction of sp³-hybridized carbons (Fsp3) is 0.462. The number of rotatable bonds is 6. The second kappa shape index (κ2) is 6.88. The molecule has 0 heterocycles. The molecule has 0 aliphatic heterocycles. The first-order valence-electron chi connectivity index (χ1n) is 5.54. The van der Waals surface area contributed by atoms with Crippen LogP contribution < -0.4 is 4.74 Å². The molecule has 0 spiro atoms. The van der Waals surface area contributed by atoms with Gasteiger partial charge in [0.1, 0.15) is 12.4 Å². The smallest absolute Gasteiger partial charge is 0.306 e. The normalized spacial score (nSPS) is 9.88. The number of hydrogen-bond acceptors (Lipinski definition) is 3. The molecule has 3 nitrogen and oxygen atoms in total. The van der Waals surface area contributed by atoms with Crippen LogP contribution in [0.2, 0.25) is 0 Å². The predicted octanol–water partition coefficient (Wildman–Crippen LogP) is 2.93. The predicted molar refractivity (Wildman–Crippen MR) is 62.3 cm³/mol. The van der Waals surface area contributed by atoms with Crippen LogP contribution in [0.15, 0.2) is 24.3 Å². The van der Waals surface area contributed by atoms with Crippen LogP contribution >= 0.6 is 0 Å². The number of hydrogen-bond donors (Lipinski definition) is 0. The van der Waals surface area contributed by atoms with Gasteiger partial charge in [-0.25, -0.2) is 0 Å². The Morgan fingerprint density at radius 1 is 1.38 bits per heavy atom. The molecule has 1 rings (SSSR count). The summed E-state index contributed by atoms with van der Waals surface area (Å²) in [7, 11) is 1.62. The zero-order valence-electron chi connectivity index (χ0n) is 9.86. The van der Waals surface area contributed by atoms with Gasteiger partial charge < -0.3 is 9.47 Å². The van der Waals surface area contributed by atoms with E-state index >= 15 is 0 Å². The van der Waals surface area contributed by atoms with Crippen LogP contribution in [0.25, 0.3) is 0 Å². The molecule has 0 fully saturated rings. The van der Waals surface area contributed by atoms with Crippen molar-refractivity contribution in [1.82, 2.24) is 0 Å².